The maximum absolute atomic E-state index is 6.71. The van der Waals surface area contributed by atoms with E-state index in [4.69, 9.17) is 23.2 Å². The molecule has 4 aromatic rings. The smallest absolute Gasteiger partial charge is 0.0670 e. The zero-order valence-electron chi connectivity index (χ0n) is 20.5. The van der Waals surface area contributed by atoms with Gasteiger partial charge in [-0.1, -0.05) is 53.5 Å². The van der Waals surface area contributed by atoms with E-state index in [1.807, 2.05) is 12.1 Å². The third-order valence-corrected chi connectivity index (χ3v) is 7.56. The second-order valence-electron chi connectivity index (χ2n) is 9.57. The standard InChI is InChI=1S/C30H31Cl2N3/c1-21-4-15-29(28(32)18-21)34-17-16-33(20-30(34)25-9-11-26(31)12-10-25)19-24-7-13-27(14-8-24)35-22(2)5-6-23(35)3/h4-15,18,30H,16-17,19-20H2,1-3H3/t30-/m1/s1. The molecule has 0 unspecified atom stereocenters. The molecule has 1 aliphatic rings. The maximum atomic E-state index is 6.71. The molecule has 1 saturated heterocycles. The molecule has 5 rings (SSSR count). The molecule has 0 spiro atoms. The lowest BCUT2D eigenvalue weighted by atomic mass is 10.0. The summed E-state index contributed by atoms with van der Waals surface area (Å²) in [7, 11) is 0. The van der Waals surface area contributed by atoms with Crippen molar-refractivity contribution in [1.29, 1.82) is 0 Å². The Morgan fingerprint density at radius 3 is 2.11 bits per heavy atom. The fourth-order valence-corrected chi connectivity index (χ4v) is 5.64. The fraction of sp³-hybridized carbons (Fsp3) is 0.267. The van der Waals surface area contributed by atoms with E-state index in [-0.39, 0.29) is 6.04 Å². The van der Waals surface area contributed by atoms with Crippen molar-refractivity contribution in [1.82, 2.24) is 9.47 Å². The van der Waals surface area contributed by atoms with E-state index >= 15 is 0 Å². The lowest BCUT2D eigenvalue weighted by Gasteiger charge is -2.43. The first-order chi connectivity index (χ1) is 16.9. The molecule has 3 nitrogen and oxygen atoms in total. The summed E-state index contributed by atoms with van der Waals surface area (Å²) in [5.41, 5.74) is 8.58. The molecular formula is C30H31Cl2N3. The van der Waals surface area contributed by atoms with Gasteiger partial charge in [-0.15, -0.1) is 0 Å². The number of nitrogens with zero attached hydrogens (tertiary/aromatic N) is 3. The zero-order valence-corrected chi connectivity index (χ0v) is 22.0. The molecule has 0 radical (unpaired) electrons. The Hall–Kier alpha value is -2.72. The summed E-state index contributed by atoms with van der Waals surface area (Å²) in [5, 5.41) is 1.57. The van der Waals surface area contributed by atoms with Crippen LogP contribution in [0.25, 0.3) is 5.69 Å². The number of anilines is 1. The average molecular weight is 505 g/mol. The monoisotopic (exact) mass is 503 g/mol. The van der Waals surface area contributed by atoms with Gasteiger partial charge in [-0.2, -0.15) is 0 Å². The van der Waals surface area contributed by atoms with E-state index in [9.17, 15) is 0 Å². The first-order valence-corrected chi connectivity index (χ1v) is 12.9. The van der Waals surface area contributed by atoms with Gasteiger partial charge in [-0.05, 0) is 86.0 Å². The molecule has 2 heterocycles. The van der Waals surface area contributed by atoms with Crippen molar-refractivity contribution >= 4 is 28.9 Å². The van der Waals surface area contributed by atoms with Crippen LogP contribution in [-0.4, -0.2) is 29.1 Å². The number of rotatable bonds is 5. The van der Waals surface area contributed by atoms with Gasteiger partial charge in [0.05, 0.1) is 16.8 Å². The molecule has 1 fully saturated rings. The van der Waals surface area contributed by atoms with E-state index < -0.39 is 0 Å². The number of piperazine rings is 1. The molecule has 5 heteroatoms. The molecule has 35 heavy (non-hydrogen) atoms. The largest absolute Gasteiger partial charge is 0.361 e. The van der Waals surface area contributed by atoms with Crippen molar-refractivity contribution in [3.05, 3.63) is 117 Å². The Balaban J connectivity index is 1.37. The summed E-state index contributed by atoms with van der Waals surface area (Å²) in [6, 6.07) is 28.1. The molecule has 1 aromatic heterocycles. The van der Waals surface area contributed by atoms with Crippen LogP contribution >= 0.6 is 23.2 Å². The number of hydrogen-bond acceptors (Lipinski definition) is 2. The predicted octanol–water partition coefficient (Wildman–Crippen LogP) is 7.77. The Labute approximate surface area is 218 Å². The van der Waals surface area contributed by atoms with Gasteiger partial charge in [0.15, 0.2) is 0 Å². The highest BCUT2D eigenvalue weighted by Gasteiger charge is 2.29. The van der Waals surface area contributed by atoms with Gasteiger partial charge in [-0.3, -0.25) is 4.90 Å². The van der Waals surface area contributed by atoms with Crippen LogP contribution < -0.4 is 4.90 Å². The molecule has 1 atom stereocenters. The lowest BCUT2D eigenvalue weighted by Crippen LogP contribution is -2.48. The third kappa shape index (κ3) is 5.13. The van der Waals surface area contributed by atoms with Gasteiger partial charge < -0.3 is 9.47 Å². The van der Waals surface area contributed by atoms with E-state index in [2.05, 4.69) is 102 Å². The van der Waals surface area contributed by atoms with E-state index in [1.165, 1.54) is 33.8 Å². The summed E-state index contributed by atoms with van der Waals surface area (Å²) in [5.74, 6) is 0. The fourth-order valence-electron chi connectivity index (χ4n) is 5.17. The molecule has 0 bridgehead atoms. The second kappa shape index (κ2) is 10.1. The minimum atomic E-state index is 0.200. The van der Waals surface area contributed by atoms with Crippen molar-refractivity contribution in [2.45, 2.75) is 33.4 Å². The Morgan fingerprint density at radius 1 is 0.771 bits per heavy atom. The summed E-state index contributed by atoms with van der Waals surface area (Å²) < 4.78 is 2.30. The summed E-state index contributed by atoms with van der Waals surface area (Å²) >= 11 is 12.9. The van der Waals surface area contributed by atoms with Crippen LogP contribution in [0.2, 0.25) is 10.0 Å². The van der Waals surface area contributed by atoms with Gasteiger partial charge in [-0.25, -0.2) is 0 Å². The number of halogens is 2. The highest BCUT2D eigenvalue weighted by atomic mass is 35.5. The van der Waals surface area contributed by atoms with Crippen molar-refractivity contribution < 1.29 is 0 Å². The number of aryl methyl sites for hydroxylation is 3. The molecule has 1 aliphatic heterocycles. The van der Waals surface area contributed by atoms with Gasteiger partial charge >= 0.3 is 0 Å². The van der Waals surface area contributed by atoms with Crippen LogP contribution in [0.1, 0.15) is 34.1 Å². The van der Waals surface area contributed by atoms with Crippen LogP contribution in [-0.2, 0) is 6.54 Å². The molecular weight excluding hydrogens is 473 g/mol. The number of aromatic nitrogens is 1. The lowest BCUT2D eigenvalue weighted by molar-refractivity contribution is 0.215. The minimum Gasteiger partial charge on any atom is -0.361 e. The Bertz CT molecular complexity index is 1290. The summed E-state index contributed by atoms with van der Waals surface area (Å²) in [4.78, 5) is 4.99. The Morgan fingerprint density at radius 2 is 1.46 bits per heavy atom. The van der Waals surface area contributed by atoms with Gasteiger partial charge in [0.2, 0.25) is 0 Å². The Kier molecular flexibility index (Phi) is 6.93. The van der Waals surface area contributed by atoms with Gasteiger partial charge in [0, 0.05) is 48.3 Å². The van der Waals surface area contributed by atoms with Crippen LogP contribution in [0.5, 0.6) is 0 Å². The van der Waals surface area contributed by atoms with Crippen LogP contribution in [0.3, 0.4) is 0 Å². The molecule has 180 valence electrons. The molecule has 0 saturated carbocycles. The number of benzene rings is 3. The quantitative estimate of drug-likeness (QED) is 0.275. The van der Waals surface area contributed by atoms with Gasteiger partial charge in [0.25, 0.3) is 0 Å². The maximum Gasteiger partial charge on any atom is 0.0670 e. The summed E-state index contributed by atoms with van der Waals surface area (Å²) in [6.45, 7) is 10.1. The average Bonchev–Trinajstić information content (AvgIpc) is 3.18. The first kappa shape index (κ1) is 24.0. The van der Waals surface area contributed by atoms with Crippen molar-refractivity contribution in [3.63, 3.8) is 0 Å². The van der Waals surface area contributed by atoms with Crippen molar-refractivity contribution in [2.24, 2.45) is 0 Å². The second-order valence-corrected chi connectivity index (χ2v) is 10.4. The normalized spacial score (nSPS) is 16.6. The van der Waals surface area contributed by atoms with Crippen molar-refractivity contribution in [3.8, 4) is 5.69 Å². The molecule has 3 aromatic carbocycles. The van der Waals surface area contributed by atoms with E-state index in [0.717, 1.165) is 41.9 Å². The van der Waals surface area contributed by atoms with Crippen LogP contribution in [0, 0.1) is 20.8 Å². The molecule has 0 aliphatic carbocycles. The SMILES string of the molecule is Cc1ccc(N2CCN(Cc3ccc(-n4c(C)ccc4C)cc3)C[C@@H]2c2ccc(Cl)cc2)c(Cl)c1. The van der Waals surface area contributed by atoms with E-state index in [1.54, 1.807) is 0 Å². The van der Waals surface area contributed by atoms with Crippen LogP contribution in [0.15, 0.2) is 78.9 Å². The molecule has 0 N–H and O–H groups in total. The topological polar surface area (TPSA) is 11.4 Å². The third-order valence-electron chi connectivity index (χ3n) is 7.00. The van der Waals surface area contributed by atoms with Gasteiger partial charge in [0.1, 0.15) is 0 Å². The highest BCUT2D eigenvalue weighted by molar-refractivity contribution is 6.33. The highest BCUT2D eigenvalue weighted by Crippen LogP contribution is 2.36. The van der Waals surface area contributed by atoms with Crippen molar-refractivity contribution in [2.75, 3.05) is 24.5 Å². The zero-order chi connectivity index (χ0) is 24.5. The first-order valence-electron chi connectivity index (χ1n) is 12.1. The minimum absolute atomic E-state index is 0.200. The van der Waals surface area contributed by atoms with Crippen LogP contribution in [0.4, 0.5) is 5.69 Å². The number of hydrogen-bond donors (Lipinski definition) is 0. The predicted molar refractivity (Wildman–Crippen MR) is 148 cm³/mol. The molecule has 0 amide bonds. The summed E-state index contributed by atoms with van der Waals surface area (Å²) in [6.07, 6.45) is 0. The van der Waals surface area contributed by atoms with E-state index in [0.29, 0.717) is 0 Å².